The van der Waals surface area contributed by atoms with Crippen molar-refractivity contribution >= 4 is 11.6 Å². The molecule has 0 aliphatic rings. The van der Waals surface area contributed by atoms with Crippen molar-refractivity contribution in [3.8, 4) is 0 Å². The Labute approximate surface area is 110 Å². The van der Waals surface area contributed by atoms with Crippen LogP contribution in [-0.2, 0) is 9.53 Å². The van der Waals surface area contributed by atoms with Crippen LogP contribution in [0.25, 0.3) is 0 Å². The SMILES string of the molecule is CCOCCCNC(=O)C(C)n1cc([N+](=O)[O-])cn1. The molecule has 0 saturated carbocycles. The first-order valence-electron chi connectivity index (χ1n) is 6.10. The molecule has 1 amide bonds. The molecule has 8 heteroatoms. The van der Waals surface area contributed by atoms with Gasteiger partial charge in [0.2, 0.25) is 5.91 Å². The second-order valence-electron chi connectivity index (χ2n) is 3.95. The molecular formula is C11H18N4O4. The van der Waals surface area contributed by atoms with Gasteiger partial charge < -0.3 is 10.1 Å². The number of amides is 1. The van der Waals surface area contributed by atoms with Gasteiger partial charge in [-0.1, -0.05) is 0 Å². The van der Waals surface area contributed by atoms with E-state index >= 15 is 0 Å². The third-order valence-electron chi connectivity index (χ3n) is 2.54. The summed E-state index contributed by atoms with van der Waals surface area (Å²) in [6, 6.07) is -0.583. The van der Waals surface area contributed by atoms with Gasteiger partial charge in [0.1, 0.15) is 18.4 Å². The van der Waals surface area contributed by atoms with Crippen molar-refractivity contribution in [3.05, 3.63) is 22.5 Å². The lowest BCUT2D eigenvalue weighted by Crippen LogP contribution is -2.32. The molecule has 1 aromatic rings. The van der Waals surface area contributed by atoms with Crippen molar-refractivity contribution in [2.75, 3.05) is 19.8 Å². The molecule has 1 atom stereocenters. The van der Waals surface area contributed by atoms with Crippen LogP contribution in [0.4, 0.5) is 5.69 Å². The van der Waals surface area contributed by atoms with Crippen molar-refractivity contribution in [3.63, 3.8) is 0 Å². The number of hydrogen-bond acceptors (Lipinski definition) is 5. The van der Waals surface area contributed by atoms with Gasteiger partial charge in [-0.15, -0.1) is 0 Å². The van der Waals surface area contributed by atoms with Crippen molar-refractivity contribution < 1.29 is 14.5 Å². The van der Waals surface area contributed by atoms with E-state index in [1.54, 1.807) is 6.92 Å². The van der Waals surface area contributed by atoms with E-state index in [1.807, 2.05) is 6.92 Å². The minimum atomic E-state index is -0.583. The van der Waals surface area contributed by atoms with Crippen LogP contribution in [0.3, 0.4) is 0 Å². The minimum Gasteiger partial charge on any atom is -0.382 e. The Morgan fingerprint density at radius 3 is 3.00 bits per heavy atom. The molecule has 0 spiro atoms. The largest absolute Gasteiger partial charge is 0.382 e. The third-order valence-corrected chi connectivity index (χ3v) is 2.54. The monoisotopic (exact) mass is 270 g/mol. The summed E-state index contributed by atoms with van der Waals surface area (Å²) in [7, 11) is 0. The van der Waals surface area contributed by atoms with Crippen LogP contribution >= 0.6 is 0 Å². The van der Waals surface area contributed by atoms with Crippen LogP contribution in [-0.4, -0.2) is 40.4 Å². The third kappa shape index (κ3) is 4.66. The number of nitrogens with zero attached hydrogens (tertiary/aromatic N) is 3. The maximum atomic E-state index is 11.8. The lowest BCUT2D eigenvalue weighted by molar-refractivity contribution is -0.385. The zero-order valence-corrected chi connectivity index (χ0v) is 11.0. The molecule has 1 unspecified atom stereocenters. The smallest absolute Gasteiger partial charge is 0.307 e. The van der Waals surface area contributed by atoms with Crippen molar-refractivity contribution in [2.45, 2.75) is 26.3 Å². The van der Waals surface area contributed by atoms with Gasteiger partial charge in [0, 0.05) is 19.8 Å². The number of carbonyl (C=O) groups excluding carboxylic acids is 1. The predicted octanol–water partition coefficient (Wildman–Crippen LogP) is 0.895. The van der Waals surface area contributed by atoms with Gasteiger partial charge in [-0.2, -0.15) is 5.10 Å². The molecule has 0 aromatic carbocycles. The molecule has 8 nitrogen and oxygen atoms in total. The maximum Gasteiger partial charge on any atom is 0.307 e. The highest BCUT2D eigenvalue weighted by Gasteiger charge is 2.18. The topological polar surface area (TPSA) is 99.3 Å². The number of ether oxygens (including phenoxy) is 1. The first-order chi connectivity index (χ1) is 9.06. The number of hydrogen-bond donors (Lipinski definition) is 1. The Hall–Kier alpha value is -1.96. The molecule has 0 aliphatic heterocycles. The molecule has 0 bridgehead atoms. The summed E-state index contributed by atoms with van der Waals surface area (Å²) in [4.78, 5) is 21.7. The normalized spacial score (nSPS) is 12.1. The zero-order chi connectivity index (χ0) is 14.3. The standard InChI is InChI=1S/C11H18N4O4/c1-3-19-6-4-5-12-11(16)9(2)14-8-10(7-13-14)15(17)18/h7-9H,3-6H2,1-2H3,(H,12,16). The van der Waals surface area contributed by atoms with Crippen LogP contribution in [0.2, 0.25) is 0 Å². The maximum absolute atomic E-state index is 11.8. The first-order valence-corrected chi connectivity index (χ1v) is 6.10. The minimum absolute atomic E-state index is 0.129. The fraction of sp³-hybridized carbons (Fsp3) is 0.636. The van der Waals surface area contributed by atoms with E-state index in [1.165, 1.54) is 10.9 Å². The Morgan fingerprint density at radius 1 is 1.68 bits per heavy atom. The predicted molar refractivity (Wildman–Crippen MR) is 67.7 cm³/mol. The Morgan fingerprint density at radius 2 is 2.42 bits per heavy atom. The van der Waals surface area contributed by atoms with Crippen molar-refractivity contribution in [1.82, 2.24) is 15.1 Å². The fourth-order valence-corrected chi connectivity index (χ4v) is 1.43. The van der Waals surface area contributed by atoms with Crippen LogP contribution in [0, 0.1) is 10.1 Å². The highest BCUT2D eigenvalue weighted by Crippen LogP contribution is 2.12. The number of nitrogens with one attached hydrogen (secondary N) is 1. The van der Waals surface area contributed by atoms with E-state index in [-0.39, 0.29) is 11.6 Å². The van der Waals surface area contributed by atoms with E-state index in [9.17, 15) is 14.9 Å². The van der Waals surface area contributed by atoms with Gasteiger partial charge >= 0.3 is 5.69 Å². The zero-order valence-electron chi connectivity index (χ0n) is 11.0. The molecule has 1 heterocycles. The Bertz CT molecular complexity index is 432. The van der Waals surface area contributed by atoms with Gasteiger partial charge in [-0.05, 0) is 20.3 Å². The molecule has 19 heavy (non-hydrogen) atoms. The van der Waals surface area contributed by atoms with E-state index in [0.717, 1.165) is 12.6 Å². The number of rotatable bonds is 8. The quantitative estimate of drug-likeness (QED) is 0.429. The van der Waals surface area contributed by atoms with E-state index < -0.39 is 11.0 Å². The van der Waals surface area contributed by atoms with Crippen LogP contribution in [0.1, 0.15) is 26.3 Å². The van der Waals surface area contributed by atoms with Gasteiger partial charge in [0.15, 0.2) is 0 Å². The Kier molecular flexibility index (Phi) is 5.94. The first kappa shape index (κ1) is 15.1. The highest BCUT2D eigenvalue weighted by atomic mass is 16.6. The summed E-state index contributed by atoms with van der Waals surface area (Å²) in [5.74, 6) is -0.227. The molecule has 1 aromatic heterocycles. The molecule has 1 rings (SSSR count). The second-order valence-corrected chi connectivity index (χ2v) is 3.95. The number of aromatic nitrogens is 2. The molecule has 0 saturated heterocycles. The summed E-state index contributed by atoms with van der Waals surface area (Å²) in [5, 5.41) is 17.1. The lowest BCUT2D eigenvalue weighted by atomic mass is 10.3. The summed E-state index contributed by atoms with van der Waals surface area (Å²) in [6.07, 6.45) is 3.09. The summed E-state index contributed by atoms with van der Waals surface area (Å²) < 4.78 is 6.42. The van der Waals surface area contributed by atoms with E-state index in [0.29, 0.717) is 19.8 Å². The summed E-state index contributed by atoms with van der Waals surface area (Å²) in [6.45, 7) is 5.30. The van der Waals surface area contributed by atoms with Crippen LogP contribution in [0.5, 0.6) is 0 Å². The molecule has 0 aliphatic carbocycles. The van der Waals surface area contributed by atoms with Gasteiger partial charge in [-0.25, -0.2) is 0 Å². The molecular weight excluding hydrogens is 252 g/mol. The van der Waals surface area contributed by atoms with Crippen molar-refractivity contribution in [1.29, 1.82) is 0 Å². The highest BCUT2D eigenvalue weighted by molar-refractivity contribution is 5.79. The van der Waals surface area contributed by atoms with Gasteiger partial charge in [0.25, 0.3) is 0 Å². The number of nitro groups is 1. The summed E-state index contributed by atoms with van der Waals surface area (Å²) in [5.41, 5.74) is -0.129. The van der Waals surface area contributed by atoms with E-state index in [4.69, 9.17) is 4.74 Å². The Balaban J connectivity index is 2.40. The van der Waals surface area contributed by atoms with Crippen LogP contribution < -0.4 is 5.32 Å². The molecule has 0 fully saturated rings. The summed E-state index contributed by atoms with van der Waals surface area (Å²) >= 11 is 0. The second kappa shape index (κ2) is 7.47. The van der Waals surface area contributed by atoms with Crippen LogP contribution in [0.15, 0.2) is 12.4 Å². The average Bonchev–Trinajstić information content (AvgIpc) is 2.87. The average molecular weight is 270 g/mol. The van der Waals surface area contributed by atoms with Gasteiger partial charge in [-0.3, -0.25) is 19.6 Å². The van der Waals surface area contributed by atoms with Crippen molar-refractivity contribution in [2.24, 2.45) is 0 Å². The molecule has 0 radical (unpaired) electrons. The van der Waals surface area contributed by atoms with Gasteiger partial charge in [0.05, 0.1) is 4.92 Å². The fourth-order valence-electron chi connectivity index (χ4n) is 1.43. The lowest BCUT2D eigenvalue weighted by Gasteiger charge is -2.12. The van der Waals surface area contributed by atoms with E-state index in [2.05, 4.69) is 10.4 Å². The molecule has 1 N–H and O–H groups in total. The molecule has 106 valence electrons. The number of carbonyl (C=O) groups is 1.